The zero-order valence-electron chi connectivity index (χ0n) is 36.0. The number of aromatic nitrogens is 1. The Balaban J connectivity index is 1.05. The summed E-state index contributed by atoms with van der Waals surface area (Å²) in [6.07, 6.45) is 0. The molecule has 2 nitrogen and oxygen atoms in total. The molecule has 0 aliphatic carbocycles. The van der Waals surface area contributed by atoms with Crippen LogP contribution in [0.4, 0.5) is 17.1 Å². The van der Waals surface area contributed by atoms with Gasteiger partial charge in [-0.1, -0.05) is 194 Å². The van der Waals surface area contributed by atoms with Crippen molar-refractivity contribution in [3.05, 3.63) is 243 Å². The van der Waals surface area contributed by atoms with E-state index in [-0.39, 0.29) is 0 Å². The van der Waals surface area contributed by atoms with Crippen molar-refractivity contribution in [3.8, 4) is 27.9 Å². The van der Waals surface area contributed by atoms with Crippen molar-refractivity contribution >= 4 is 104 Å². The predicted molar refractivity (Wildman–Crippen MR) is 283 cm³/mol. The van der Waals surface area contributed by atoms with Crippen LogP contribution in [-0.4, -0.2) is 4.57 Å². The van der Waals surface area contributed by atoms with Crippen molar-refractivity contribution < 1.29 is 0 Å². The van der Waals surface area contributed by atoms with E-state index in [4.69, 9.17) is 0 Å². The zero-order chi connectivity index (χ0) is 43.3. The Bertz CT molecular complexity index is 4200. The molecule has 0 aliphatic heterocycles. The summed E-state index contributed by atoms with van der Waals surface area (Å²) in [4.78, 5) is 2.48. The van der Waals surface area contributed by atoms with E-state index in [1.54, 1.807) is 0 Å². The molecule has 13 aromatic carbocycles. The first-order chi connectivity index (χ1) is 32.8. The topological polar surface area (TPSA) is 8.17 Å². The van der Waals surface area contributed by atoms with Gasteiger partial charge in [-0.15, -0.1) is 0 Å². The Morgan fingerprint density at radius 1 is 0.288 bits per heavy atom. The first-order valence-corrected chi connectivity index (χ1v) is 22.8. The first kappa shape index (κ1) is 36.7. The third kappa shape index (κ3) is 5.42. The molecule has 306 valence electrons. The lowest BCUT2D eigenvalue weighted by Gasteiger charge is -2.29. The molecular formula is C64H40N2. The Labute approximate surface area is 381 Å². The van der Waals surface area contributed by atoms with Gasteiger partial charge >= 0.3 is 0 Å². The zero-order valence-corrected chi connectivity index (χ0v) is 36.0. The largest absolute Gasteiger partial charge is 0.310 e. The Kier molecular flexibility index (Phi) is 8.02. The molecule has 0 saturated carbocycles. The molecule has 0 spiro atoms. The fourth-order valence-corrected chi connectivity index (χ4v) is 11.2. The van der Waals surface area contributed by atoms with E-state index < -0.39 is 0 Å². The predicted octanol–water partition coefficient (Wildman–Crippen LogP) is 17.9. The molecule has 0 unspecified atom stereocenters. The van der Waals surface area contributed by atoms with Gasteiger partial charge in [0.15, 0.2) is 0 Å². The molecule has 14 aromatic rings. The molecule has 0 atom stereocenters. The van der Waals surface area contributed by atoms with Crippen LogP contribution < -0.4 is 4.90 Å². The van der Waals surface area contributed by atoms with Crippen molar-refractivity contribution in [3.63, 3.8) is 0 Å². The van der Waals surface area contributed by atoms with Gasteiger partial charge in [-0.2, -0.15) is 0 Å². The molecular weight excluding hydrogens is 797 g/mol. The highest BCUT2D eigenvalue weighted by molar-refractivity contribution is 6.37. The number of hydrogen-bond donors (Lipinski definition) is 0. The summed E-state index contributed by atoms with van der Waals surface area (Å²) in [7, 11) is 0. The second-order valence-electron chi connectivity index (χ2n) is 17.6. The maximum Gasteiger partial charge on any atom is 0.0619 e. The summed E-state index contributed by atoms with van der Waals surface area (Å²) in [6, 6.07) is 89.8. The van der Waals surface area contributed by atoms with E-state index in [9.17, 15) is 0 Å². The number of anilines is 3. The standard InChI is InChI=1S/C64H40N2/c1-3-15-41(16-4-1)50-22-7-9-29-58(50)65(48-37-35-42(36-38-48)51-24-14-28-56-52-23-8-10-30-59(52)66(64(51)56)47-20-5-2-6-21-47)49-39-46-34-33-45-18-12-26-54-53-25-11-17-43-31-32-44-19-13-27-55(62(44)60(43)53)57(40-49)63(46)61(45)54/h1-40H. The van der Waals surface area contributed by atoms with Crippen molar-refractivity contribution in [2.75, 3.05) is 4.90 Å². The van der Waals surface area contributed by atoms with Gasteiger partial charge in [0.25, 0.3) is 0 Å². The molecule has 1 heterocycles. The van der Waals surface area contributed by atoms with Gasteiger partial charge in [0.05, 0.1) is 16.7 Å². The van der Waals surface area contributed by atoms with Crippen molar-refractivity contribution in [2.45, 2.75) is 0 Å². The molecule has 0 radical (unpaired) electrons. The van der Waals surface area contributed by atoms with E-state index in [1.807, 2.05) is 0 Å². The minimum absolute atomic E-state index is 1.09. The molecule has 0 saturated heterocycles. The van der Waals surface area contributed by atoms with Crippen LogP contribution in [0.1, 0.15) is 0 Å². The molecule has 14 rings (SSSR count). The average Bonchev–Trinajstić information content (AvgIpc) is 3.73. The van der Waals surface area contributed by atoms with Crippen LogP contribution in [0.15, 0.2) is 243 Å². The second-order valence-corrected chi connectivity index (χ2v) is 17.6. The molecule has 1 aromatic heterocycles. The summed E-state index contributed by atoms with van der Waals surface area (Å²) in [5.74, 6) is 0. The highest BCUT2D eigenvalue weighted by atomic mass is 15.1. The van der Waals surface area contributed by atoms with Gasteiger partial charge in [-0.25, -0.2) is 0 Å². The minimum Gasteiger partial charge on any atom is -0.310 e. The molecule has 0 aliphatic rings. The smallest absolute Gasteiger partial charge is 0.0619 e. The summed E-state index contributed by atoms with van der Waals surface area (Å²) in [5, 5.41) is 17.8. The molecule has 0 bridgehead atoms. The highest BCUT2D eigenvalue weighted by Crippen LogP contribution is 2.48. The molecule has 0 N–H and O–H groups in total. The molecule has 66 heavy (non-hydrogen) atoms. The van der Waals surface area contributed by atoms with Crippen LogP contribution in [-0.2, 0) is 0 Å². The van der Waals surface area contributed by atoms with Crippen molar-refractivity contribution in [1.82, 2.24) is 4.57 Å². The van der Waals surface area contributed by atoms with E-state index in [0.717, 1.165) is 22.7 Å². The first-order valence-electron chi connectivity index (χ1n) is 22.8. The molecule has 0 amide bonds. The summed E-state index contributed by atoms with van der Waals surface area (Å²) >= 11 is 0. The van der Waals surface area contributed by atoms with Gasteiger partial charge < -0.3 is 9.47 Å². The fraction of sp³-hybridized carbons (Fsp3) is 0. The van der Waals surface area contributed by atoms with Crippen LogP contribution in [0.25, 0.3) is 114 Å². The summed E-state index contributed by atoms with van der Waals surface area (Å²) in [6.45, 7) is 0. The van der Waals surface area contributed by atoms with Gasteiger partial charge in [0.1, 0.15) is 0 Å². The monoisotopic (exact) mass is 836 g/mol. The Morgan fingerprint density at radius 2 is 0.788 bits per heavy atom. The molecule has 0 fully saturated rings. The highest BCUT2D eigenvalue weighted by Gasteiger charge is 2.22. The number of benzene rings is 12. The Hall–Kier alpha value is -8.72. The number of nitrogens with zero attached hydrogens (tertiary/aromatic N) is 2. The SMILES string of the molecule is c1ccc(-c2ccccc2N(c2ccc(-c3cccc4c5ccccc5n(-c5ccccc5)c34)cc2)c2cc3ccc4cccc5c6cccc7ccc8cccc(c(c2)c3c45)c8c76)cc1. The average molecular weight is 837 g/mol. The van der Waals surface area contributed by atoms with Gasteiger partial charge in [-0.3, -0.25) is 0 Å². The number of rotatable bonds is 6. The normalized spacial score (nSPS) is 11.9. The fourth-order valence-electron chi connectivity index (χ4n) is 11.2. The van der Waals surface area contributed by atoms with Gasteiger partial charge in [-0.05, 0) is 124 Å². The van der Waals surface area contributed by atoms with Crippen LogP contribution in [0.5, 0.6) is 0 Å². The van der Waals surface area contributed by atoms with Crippen molar-refractivity contribution in [1.29, 1.82) is 0 Å². The Morgan fingerprint density at radius 3 is 1.48 bits per heavy atom. The summed E-state index contributed by atoms with van der Waals surface area (Å²) < 4.78 is 2.43. The molecule has 2 heteroatoms. The minimum atomic E-state index is 1.09. The van der Waals surface area contributed by atoms with Crippen LogP contribution in [0, 0.1) is 0 Å². The van der Waals surface area contributed by atoms with Gasteiger partial charge in [0, 0.05) is 39.0 Å². The van der Waals surface area contributed by atoms with E-state index in [2.05, 4.69) is 252 Å². The van der Waals surface area contributed by atoms with Gasteiger partial charge in [0.2, 0.25) is 0 Å². The quantitative estimate of drug-likeness (QED) is 0.152. The van der Waals surface area contributed by atoms with Crippen molar-refractivity contribution in [2.24, 2.45) is 0 Å². The van der Waals surface area contributed by atoms with Crippen LogP contribution >= 0.6 is 0 Å². The number of para-hydroxylation sites is 4. The van der Waals surface area contributed by atoms with Crippen LogP contribution in [0.2, 0.25) is 0 Å². The maximum absolute atomic E-state index is 2.48. The lowest BCUT2D eigenvalue weighted by Crippen LogP contribution is -2.11. The van der Waals surface area contributed by atoms with E-state index in [0.29, 0.717) is 0 Å². The second kappa shape index (κ2) is 14.4. The lowest BCUT2D eigenvalue weighted by atomic mass is 9.87. The third-order valence-electron chi connectivity index (χ3n) is 14.0. The third-order valence-corrected chi connectivity index (χ3v) is 14.0. The van der Waals surface area contributed by atoms with E-state index in [1.165, 1.54) is 109 Å². The maximum atomic E-state index is 2.48. The number of fused-ring (bicyclic) bond motifs is 5. The lowest BCUT2D eigenvalue weighted by molar-refractivity contribution is 1.18. The van der Waals surface area contributed by atoms with E-state index >= 15 is 0 Å². The van der Waals surface area contributed by atoms with Crippen LogP contribution in [0.3, 0.4) is 0 Å². The number of hydrogen-bond acceptors (Lipinski definition) is 1. The summed E-state index contributed by atoms with van der Waals surface area (Å²) in [5.41, 5.74) is 11.6.